The molecule has 1 saturated carbocycles. The van der Waals surface area contributed by atoms with Gasteiger partial charge in [0.1, 0.15) is 5.78 Å². The van der Waals surface area contributed by atoms with Crippen LogP contribution in [0.1, 0.15) is 84.5 Å². The number of carbonyl (C=O) groups is 2. The lowest BCUT2D eigenvalue weighted by atomic mass is 9.88. The lowest BCUT2D eigenvalue weighted by Gasteiger charge is -2.19. The number of aliphatic carboxylic acids is 1. The van der Waals surface area contributed by atoms with Crippen molar-refractivity contribution in [2.24, 2.45) is 17.8 Å². The minimum atomic E-state index is -0.767. The van der Waals surface area contributed by atoms with Gasteiger partial charge in [-0.15, -0.1) is 0 Å². The number of hydrogen-bond acceptors (Lipinski definition) is 4. The highest BCUT2D eigenvalue weighted by Crippen LogP contribution is 2.34. The Bertz CT molecular complexity index is 473. The first-order valence-corrected chi connectivity index (χ1v) is 10.6. The minimum Gasteiger partial charge on any atom is -0.481 e. The van der Waals surface area contributed by atoms with Gasteiger partial charge in [-0.2, -0.15) is 0 Å². The zero-order chi connectivity index (χ0) is 20.2. The predicted octanol–water partition coefficient (Wildman–Crippen LogP) is 4.11. The Hall–Kier alpha value is -1.20. The van der Waals surface area contributed by atoms with Crippen molar-refractivity contribution in [2.75, 3.05) is 0 Å². The molecule has 27 heavy (non-hydrogen) atoms. The molecule has 0 aromatic rings. The molecule has 0 spiro atoms. The van der Waals surface area contributed by atoms with Crippen LogP contribution in [-0.4, -0.2) is 39.3 Å². The highest BCUT2D eigenvalue weighted by Gasteiger charge is 2.39. The van der Waals surface area contributed by atoms with Gasteiger partial charge in [0.05, 0.1) is 12.2 Å². The molecule has 5 nitrogen and oxygen atoms in total. The summed E-state index contributed by atoms with van der Waals surface area (Å²) >= 11 is 0. The van der Waals surface area contributed by atoms with Gasteiger partial charge < -0.3 is 15.3 Å². The average Bonchev–Trinajstić information content (AvgIpc) is 2.87. The van der Waals surface area contributed by atoms with Crippen LogP contribution >= 0.6 is 0 Å². The van der Waals surface area contributed by atoms with Crippen molar-refractivity contribution in [3.05, 3.63) is 12.2 Å². The summed E-state index contributed by atoms with van der Waals surface area (Å²) in [5.41, 5.74) is 0. The van der Waals surface area contributed by atoms with Gasteiger partial charge in [0, 0.05) is 24.7 Å². The molecule has 1 fully saturated rings. The highest BCUT2D eigenvalue weighted by molar-refractivity contribution is 5.84. The molecule has 0 radical (unpaired) electrons. The van der Waals surface area contributed by atoms with Crippen molar-refractivity contribution in [2.45, 2.75) is 96.7 Å². The van der Waals surface area contributed by atoms with Gasteiger partial charge in [-0.25, -0.2) is 0 Å². The van der Waals surface area contributed by atoms with E-state index in [0.29, 0.717) is 18.8 Å². The normalized spacial score (nSPS) is 25.2. The summed E-state index contributed by atoms with van der Waals surface area (Å²) in [6, 6.07) is 0. The molecule has 3 N–H and O–H groups in total. The number of hydrogen-bond donors (Lipinski definition) is 3. The number of aliphatic hydroxyl groups excluding tert-OH is 2. The third-order valence-corrected chi connectivity index (χ3v) is 5.64. The maximum Gasteiger partial charge on any atom is 0.303 e. The molecule has 5 atom stereocenters. The Morgan fingerprint density at radius 2 is 1.93 bits per heavy atom. The molecule has 3 unspecified atom stereocenters. The summed E-state index contributed by atoms with van der Waals surface area (Å²) in [6.45, 7) is 4.31. The van der Waals surface area contributed by atoms with Crippen LogP contribution in [0.2, 0.25) is 0 Å². The molecule has 0 aromatic heterocycles. The van der Waals surface area contributed by atoms with Gasteiger partial charge in [-0.1, -0.05) is 64.5 Å². The average molecular weight is 383 g/mol. The second kappa shape index (κ2) is 13.1. The number of carboxylic acid groups (broad SMARTS) is 1. The van der Waals surface area contributed by atoms with Crippen molar-refractivity contribution >= 4 is 11.8 Å². The fourth-order valence-electron chi connectivity index (χ4n) is 4.00. The van der Waals surface area contributed by atoms with Gasteiger partial charge in [-0.05, 0) is 25.2 Å². The van der Waals surface area contributed by atoms with E-state index in [1.165, 1.54) is 6.42 Å². The van der Waals surface area contributed by atoms with Gasteiger partial charge in [0.15, 0.2) is 0 Å². The van der Waals surface area contributed by atoms with E-state index in [2.05, 4.69) is 13.8 Å². The van der Waals surface area contributed by atoms with Crippen molar-refractivity contribution in [1.29, 1.82) is 0 Å². The van der Waals surface area contributed by atoms with E-state index in [1.54, 1.807) is 6.08 Å². The molecule has 0 saturated heterocycles. The van der Waals surface area contributed by atoms with Crippen LogP contribution in [0, 0.1) is 17.8 Å². The number of ketones is 1. The maximum atomic E-state index is 12.2. The second-order valence-corrected chi connectivity index (χ2v) is 8.20. The van der Waals surface area contributed by atoms with Gasteiger partial charge in [-0.3, -0.25) is 9.59 Å². The topological polar surface area (TPSA) is 94.8 Å². The zero-order valence-electron chi connectivity index (χ0n) is 17.0. The van der Waals surface area contributed by atoms with E-state index in [9.17, 15) is 19.8 Å². The Morgan fingerprint density at radius 1 is 1.22 bits per heavy atom. The Morgan fingerprint density at radius 3 is 2.59 bits per heavy atom. The van der Waals surface area contributed by atoms with E-state index >= 15 is 0 Å². The Labute approximate surface area is 163 Å². The third-order valence-electron chi connectivity index (χ3n) is 5.64. The summed E-state index contributed by atoms with van der Waals surface area (Å²) in [5, 5.41) is 29.1. The van der Waals surface area contributed by atoms with Gasteiger partial charge >= 0.3 is 5.97 Å². The molecular weight excluding hydrogens is 344 g/mol. The van der Waals surface area contributed by atoms with E-state index in [4.69, 9.17) is 5.11 Å². The lowest BCUT2D eigenvalue weighted by molar-refractivity contribution is -0.137. The molecule has 0 aliphatic heterocycles. The van der Waals surface area contributed by atoms with Crippen molar-refractivity contribution in [3.63, 3.8) is 0 Å². The van der Waals surface area contributed by atoms with E-state index in [1.807, 2.05) is 6.08 Å². The lowest BCUT2D eigenvalue weighted by Crippen LogP contribution is -2.19. The largest absolute Gasteiger partial charge is 0.481 e. The van der Waals surface area contributed by atoms with Crippen LogP contribution in [0.25, 0.3) is 0 Å². The molecule has 0 bridgehead atoms. The summed E-state index contributed by atoms with van der Waals surface area (Å²) < 4.78 is 0. The Balaban J connectivity index is 2.43. The van der Waals surface area contributed by atoms with E-state index in [-0.39, 0.29) is 30.5 Å². The number of carboxylic acids is 1. The SMILES string of the molecule is CCCCC(C)C[C@@H](O)/C=C/C1C(CCCCCCC(=O)O)C(=O)C[C@@H]1O. The molecule has 1 rings (SSSR count). The molecule has 0 amide bonds. The fourth-order valence-corrected chi connectivity index (χ4v) is 4.00. The first-order chi connectivity index (χ1) is 12.8. The van der Waals surface area contributed by atoms with Crippen LogP contribution in [0.4, 0.5) is 0 Å². The van der Waals surface area contributed by atoms with E-state index < -0.39 is 18.2 Å². The fraction of sp³-hybridized carbons (Fsp3) is 0.818. The monoisotopic (exact) mass is 382 g/mol. The first-order valence-electron chi connectivity index (χ1n) is 10.6. The number of Topliss-reactive ketones (excluding diaryl/α,β-unsaturated/α-hetero) is 1. The second-order valence-electron chi connectivity index (χ2n) is 8.20. The molecule has 5 heteroatoms. The maximum absolute atomic E-state index is 12.2. The van der Waals surface area contributed by atoms with Crippen LogP contribution in [-0.2, 0) is 9.59 Å². The molecule has 0 heterocycles. The van der Waals surface area contributed by atoms with Crippen LogP contribution in [0.5, 0.6) is 0 Å². The molecular formula is C22H38O5. The standard InChI is InChI=1S/C22H38O5/c1-3-4-9-16(2)14-17(23)12-13-19-18(20(24)15-21(19)25)10-7-5-6-8-11-22(26)27/h12-13,16-19,21,23,25H,3-11,14-15H2,1-2H3,(H,26,27)/b13-12+/t16?,17-,18?,19?,21-/m0/s1. The summed E-state index contributed by atoms with van der Waals surface area (Å²) in [7, 11) is 0. The zero-order valence-corrected chi connectivity index (χ0v) is 17.0. The van der Waals surface area contributed by atoms with Crippen molar-refractivity contribution < 1.29 is 24.9 Å². The molecule has 0 aromatic carbocycles. The molecule has 156 valence electrons. The Kier molecular flexibility index (Phi) is 11.5. The summed E-state index contributed by atoms with van der Waals surface area (Å²) in [4.78, 5) is 22.7. The summed E-state index contributed by atoms with van der Waals surface area (Å²) in [6.07, 6.45) is 11.0. The van der Waals surface area contributed by atoms with Crippen molar-refractivity contribution in [1.82, 2.24) is 0 Å². The number of aliphatic hydroxyl groups is 2. The van der Waals surface area contributed by atoms with Crippen LogP contribution < -0.4 is 0 Å². The van der Waals surface area contributed by atoms with Crippen LogP contribution in [0.3, 0.4) is 0 Å². The number of unbranched alkanes of at least 4 members (excludes halogenated alkanes) is 4. The highest BCUT2D eigenvalue weighted by atomic mass is 16.4. The number of rotatable bonds is 14. The third kappa shape index (κ3) is 9.52. The first kappa shape index (κ1) is 23.8. The number of carbonyl (C=O) groups excluding carboxylic acids is 1. The quantitative estimate of drug-likeness (QED) is 0.310. The summed E-state index contributed by atoms with van der Waals surface area (Å²) in [5.74, 6) is -0.593. The molecule has 1 aliphatic carbocycles. The van der Waals surface area contributed by atoms with Crippen molar-refractivity contribution in [3.8, 4) is 0 Å². The van der Waals surface area contributed by atoms with Gasteiger partial charge in [0.25, 0.3) is 0 Å². The van der Waals surface area contributed by atoms with Gasteiger partial charge in [0.2, 0.25) is 0 Å². The smallest absolute Gasteiger partial charge is 0.303 e. The predicted molar refractivity (Wildman–Crippen MR) is 106 cm³/mol. The molecule has 1 aliphatic rings. The minimum absolute atomic E-state index is 0.105. The van der Waals surface area contributed by atoms with E-state index in [0.717, 1.165) is 38.5 Å². The van der Waals surface area contributed by atoms with Crippen LogP contribution in [0.15, 0.2) is 12.2 Å².